The van der Waals surface area contributed by atoms with Gasteiger partial charge < -0.3 is 0 Å². The van der Waals surface area contributed by atoms with Crippen LogP contribution in [0, 0.1) is 11.5 Å². The van der Waals surface area contributed by atoms with Crippen molar-refractivity contribution in [3.63, 3.8) is 0 Å². The summed E-state index contributed by atoms with van der Waals surface area (Å²) < 4.78 is 51.9. The van der Waals surface area contributed by atoms with Crippen LogP contribution in [0.3, 0.4) is 0 Å². The molecule has 0 aromatic carbocycles. The maximum Gasteiger partial charge on any atom is 0.451 e. The van der Waals surface area contributed by atoms with Gasteiger partial charge in [-0.2, -0.15) is 18.4 Å². The van der Waals surface area contributed by atoms with Crippen LogP contribution >= 0.6 is 0 Å². The van der Waals surface area contributed by atoms with Gasteiger partial charge in [0.2, 0.25) is 12.0 Å². The number of aromatic nitrogens is 2. The number of rotatable bonds is 2. The van der Waals surface area contributed by atoms with E-state index in [1.807, 2.05) is 0 Å². The van der Waals surface area contributed by atoms with E-state index in [1.54, 1.807) is 0 Å². The Hall–Kier alpha value is -1.69. The summed E-state index contributed by atoms with van der Waals surface area (Å²) in [6.45, 7) is 1.48. The molecule has 0 N–H and O–H groups in total. The number of hydrogen-bond donors (Lipinski definition) is 0. The minimum Gasteiger partial charge on any atom is -0.248 e. The minimum atomic E-state index is -4.62. The van der Waals surface area contributed by atoms with Crippen molar-refractivity contribution in [1.82, 2.24) is 9.97 Å². The van der Waals surface area contributed by atoms with Gasteiger partial charge in [-0.15, -0.1) is 4.36 Å². The summed E-state index contributed by atoms with van der Waals surface area (Å²) in [5.41, 5.74) is 0.231. The first-order valence-electron chi connectivity index (χ1n) is 4.66. The summed E-state index contributed by atoms with van der Waals surface area (Å²) in [6.07, 6.45) is -0.0651. The van der Waals surface area contributed by atoms with E-state index < -0.39 is 27.0 Å². The fourth-order valence-corrected chi connectivity index (χ4v) is 2.05. The van der Waals surface area contributed by atoms with Crippen molar-refractivity contribution in [2.45, 2.75) is 18.3 Å². The summed E-state index contributed by atoms with van der Waals surface area (Å²) >= 11 is 0. The molecule has 1 heterocycles. The standard InChI is InChI=1S/C9H9F3N4OS/c1-6(18(2,17)16-5-13)7-3-14-8(15-4-7)9(10,11)12/h3-4,6H,1-2H3. The second-order valence-corrected chi connectivity index (χ2v) is 6.14. The molecule has 0 radical (unpaired) electrons. The van der Waals surface area contributed by atoms with E-state index in [0.29, 0.717) is 0 Å². The number of hydrogen-bond acceptors (Lipinski definition) is 5. The fourth-order valence-electron chi connectivity index (χ4n) is 1.11. The molecular formula is C9H9F3N4OS. The topological polar surface area (TPSA) is 79.0 Å². The van der Waals surface area contributed by atoms with Gasteiger partial charge in [-0.1, -0.05) is 0 Å². The van der Waals surface area contributed by atoms with Crippen LogP contribution < -0.4 is 0 Å². The van der Waals surface area contributed by atoms with Crippen molar-refractivity contribution in [3.8, 4) is 6.19 Å². The highest BCUT2D eigenvalue weighted by Gasteiger charge is 2.34. The quantitative estimate of drug-likeness (QED) is 0.776. The van der Waals surface area contributed by atoms with Crippen molar-refractivity contribution in [1.29, 1.82) is 5.26 Å². The maximum atomic E-state index is 12.2. The van der Waals surface area contributed by atoms with E-state index in [0.717, 1.165) is 12.4 Å². The highest BCUT2D eigenvalue weighted by molar-refractivity contribution is 7.93. The van der Waals surface area contributed by atoms with E-state index in [-0.39, 0.29) is 5.56 Å². The number of nitriles is 1. The van der Waals surface area contributed by atoms with Crippen LogP contribution in [-0.2, 0) is 15.9 Å². The predicted octanol–water partition coefficient (Wildman–Crippen LogP) is 2.14. The molecule has 0 fully saturated rings. The van der Waals surface area contributed by atoms with Crippen molar-refractivity contribution in [2.24, 2.45) is 4.36 Å². The third-order valence-corrected chi connectivity index (χ3v) is 4.30. The van der Waals surface area contributed by atoms with Crippen molar-refractivity contribution in [3.05, 3.63) is 23.8 Å². The van der Waals surface area contributed by atoms with E-state index >= 15 is 0 Å². The second kappa shape index (κ2) is 4.89. The molecule has 0 aliphatic rings. The highest BCUT2D eigenvalue weighted by atomic mass is 32.2. The van der Waals surface area contributed by atoms with Gasteiger partial charge in [-0.25, -0.2) is 14.2 Å². The summed E-state index contributed by atoms with van der Waals surface area (Å²) in [7, 11) is -2.86. The molecule has 2 atom stereocenters. The summed E-state index contributed by atoms with van der Waals surface area (Å²) in [5, 5.41) is 7.64. The zero-order chi connectivity index (χ0) is 14.0. The molecule has 98 valence electrons. The average Bonchev–Trinajstić information content (AvgIpc) is 2.27. The van der Waals surface area contributed by atoms with E-state index in [2.05, 4.69) is 14.3 Å². The van der Waals surface area contributed by atoms with E-state index in [9.17, 15) is 17.4 Å². The molecule has 1 aromatic rings. The van der Waals surface area contributed by atoms with Gasteiger partial charge in [0.25, 0.3) is 0 Å². The molecule has 0 amide bonds. The zero-order valence-corrected chi connectivity index (χ0v) is 10.3. The summed E-state index contributed by atoms with van der Waals surface area (Å²) in [4.78, 5) is 6.32. The summed E-state index contributed by atoms with van der Waals surface area (Å²) in [5.74, 6) is -1.27. The molecule has 5 nitrogen and oxygen atoms in total. The van der Waals surface area contributed by atoms with E-state index in [1.165, 1.54) is 19.4 Å². The molecule has 0 aliphatic carbocycles. The Morgan fingerprint density at radius 3 is 2.33 bits per heavy atom. The van der Waals surface area contributed by atoms with Crippen molar-refractivity contribution < 1.29 is 17.4 Å². The van der Waals surface area contributed by atoms with Crippen molar-refractivity contribution >= 4 is 9.73 Å². The van der Waals surface area contributed by atoms with Crippen LogP contribution in [0.15, 0.2) is 16.8 Å². The monoisotopic (exact) mass is 278 g/mol. The smallest absolute Gasteiger partial charge is 0.248 e. The van der Waals surface area contributed by atoms with Crippen LogP contribution in [0.1, 0.15) is 23.6 Å². The molecule has 18 heavy (non-hydrogen) atoms. The molecule has 1 aromatic heterocycles. The minimum absolute atomic E-state index is 0.231. The van der Waals surface area contributed by atoms with Gasteiger partial charge in [0, 0.05) is 24.2 Å². The normalized spacial score (nSPS) is 16.4. The lowest BCUT2D eigenvalue weighted by Crippen LogP contribution is -2.13. The van der Waals surface area contributed by atoms with Gasteiger partial charge in [-0.05, 0) is 6.92 Å². The molecule has 0 bridgehead atoms. The number of halogens is 3. The summed E-state index contributed by atoms with van der Waals surface area (Å²) in [6, 6.07) is 0. The average molecular weight is 278 g/mol. The first-order valence-corrected chi connectivity index (χ1v) is 6.65. The Morgan fingerprint density at radius 1 is 1.44 bits per heavy atom. The van der Waals surface area contributed by atoms with Crippen LogP contribution in [0.25, 0.3) is 0 Å². The largest absolute Gasteiger partial charge is 0.451 e. The Kier molecular flexibility index (Phi) is 3.91. The molecule has 0 aliphatic heterocycles. The molecule has 0 spiro atoms. The molecule has 1 rings (SSSR count). The van der Waals surface area contributed by atoms with Gasteiger partial charge in [0.05, 0.1) is 15.0 Å². The zero-order valence-electron chi connectivity index (χ0n) is 9.47. The first kappa shape index (κ1) is 14.4. The lowest BCUT2D eigenvalue weighted by Gasteiger charge is -2.12. The Balaban J connectivity index is 3.12. The third-order valence-electron chi connectivity index (χ3n) is 2.27. The molecule has 2 unspecified atom stereocenters. The fraction of sp³-hybridized carbons (Fsp3) is 0.444. The molecule has 0 saturated carbocycles. The van der Waals surface area contributed by atoms with Gasteiger partial charge >= 0.3 is 6.18 Å². The Labute approximate surface area is 102 Å². The van der Waals surface area contributed by atoms with Crippen LogP contribution in [0.2, 0.25) is 0 Å². The number of nitrogens with zero attached hydrogens (tertiary/aromatic N) is 4. The van der Waals surface area contributed by atoms with Crippen molar-refractivity contribution in [2.75, 3.05) is 6.26 Å². The molecule has 0 saturated heterocycles. The Bertz CT molecular complexity index is 581. The first-order chi connectivity index (χ1) is 8.18. The molecule has 9 heteroatoms. The van der Waals surface area contributed by atoms with Crippen LogP contribution in [-0.4, -0.2) is 20.4 Å². The second-order valence-electron chi connectivity index (χ2n) is 3.53. The predicted molar refractivity (Wildman–Crippen MR) is 57.6 cm³/mol. The van der Waals surface area contributed by atoms with Gasteiger partial charge in [0.1, 0.15) is 0 Å². The molecular weight excluding hydrogens is 269 g/mol. The van der Waals surface area contributed by atoms with Gasteiger partial charge in [0.15, 0.2) is 0 Å². The Morgan fingerprint density at radius 2 is 1.94 bits per heavy atom. The lowest BCUT2D eigenvalue weighted by atomic mass is 10.2. The van der Waals surface area contributed by atoms with Crippen LogP contribution in [0.5, 0.6) is 0 Å². The van der Waals surface area contributed by atoms with E-state index in [4.69, 9.17) is 5.26 Å². The van der Waals surface area contributed by atoms with Crippen LogP contribution in [0.4, 0.5) is 13.2 Å². The maximum absolute atomic E-state index is 12.2. The van der Waals surface area contributed by atoms with Gasteiger partial charge in [-0.3, -0.25) is 0 Å². The SMILES string of the molecule is CC(c1cnc(C(F)(F)F)nc1)S(C)(=O)=NC#N. The highest BCUT2D eigenvalue weighted by Crippen LogP contribution is 2.27. The lowest BCUT2D eigenvalue weighted by molar-refractivity contribution is -0.145. The third kappa shape index (κ3) is 3.16. The number of alkyl halides is 3.